The first-order chi connectivity index (χ1) is 10.0. The maximum Gasteiger partial charge on any atom is 0.226 e. The number of thiophene rings is 1. The molecule has 0 amide bonds. The third-order valence-corrected chi connectivity index (χ3v) is 5.03. The Balaban J connectivity index is 2.08. The van der Waals surface area contributed by atoms with Crippen molar-refractivity contribution in [3.8, 4) is 0 Å². The molecule has 3 rings (SSSR count). The highest BCUT2D eigenvalue weighted by molar-refractivity contribution is 7.18. The van der Waals surface area contributed by atoms with Gasteiger partial charge in [0.1, 0.15) is 10.6 Å². The predicted molar refractivity (Wildman–Crippen MR) is 88.4 cm³/mol. The van der Waals surface area contributed by atoms with Crippen molar-refractivity contribution in [2.75, 3.05) is 29.9 Å². The van der Waals surface area contributed by atoms with E-state index in [2.05, 4.69) is 33.2 Å². The minimum atomic E-state index is -0.626. The molecule has 1 aliphatic rings. The summed E-state index contributed by atoms with van der Waals surface area (Å²) in [5.41, 5.74) is -0.626. The van der Waals surface area contributed by atoms with E-state index in [9.17, 15) is 5.11 Å². The molecule has 0 aromatic carbocycles. The lowest BCUT2D eigenvalue weighted by Crippen LogP contribution is -2.30. The van der Waals surface area contributed by atoms with Crippen LogP contribution in [0.25, 0.3) is 10.2 Å². The van der Waals surface area contributed by atoms with Gasteiger partial charge in [-0.2, -0.15) is 4.98 Å². The molecule has 0 spiro atoms. The van der Waals surface area contributed by atoms with Crippen molar-refractivity contribution in [2.45, 2.75) is 39.2 Å². The molecule has 5 nitrogen and oxygen atoms in total. The Morgan fingerprint density at radius 3 is 2.86 bits per heavy atom. The van der Waals surface area contributed by atoms with Crippen molar-refractivity contribution in [2.24, 2.45) is 0 Å². The maximum atomic E-state index is 10.2. The largest absolute Gasteiger partial charge is 0.388 e. The Morgan fingerprint density at radius 1 is 1.43 bits per heavy atom. The van der Waals surface area contributed by atoms with E-state index in [1.54, 1.807) is 11.3 Å². The van der Waals surface area contributed by atoms with E-state index in [1.165, 1.54) is 4.88 Å². The van der Waals surface area contributed by atoms with Crippen LogP contribution in [0.15, 0.2) is 6.07 Å². The van der Waals surface area contributed by atoms with Crippen molar-refractivity contribution in [3.05, 3.63) is 10.9 Å². The molecule has 114 valence electrons. The van der Waals surface area contributed by atoms with Crippen LogP contribution in [-0.4, -0.2) is 40.3 Å². The number of hydrogen-bond donors (Lipinski definition) is 2. The van der Waals surface area contributed by atoms with Gasteiger partial charge in [0.25, 0.3) is 0 Å². The summed E-state index contributed by atoms with van der Waals surface area (Å²) in [4.78, 5) is 13.8. The number of rotatable bonds is 4. The number of hydrogen-bond acceptors (Lipinski definition) is 6. The molecule has 2 aromatic heterocycles. The Hall–Kier alpha value is -1.40. The van der Waals surface area contributed by atoms with E-state index in [4.69, 9.17) is 0 Å². The molecule has 2 N–H and O–H groups in total. The van der Waals surface area contributed by atoms with E-state index >= 15 is 0 Å². The first kappa shape index (κ1) is 14.5. The lowest BCUT2D eigenvalue weighted by Gasteiger charge is -2.21. The molecule has 0 saturated carbocycles. The van der Waals surface area contributed by atoms with Crippen LogP contribution in [0.1, 0.15) is 32.1 Å². The predicted octanol–water partition coefficient (Wildman–Crippen LogP) is 2.65. The van der Waals surface area contributed by atoms with Crippen LogP contribution in [0.5, 0.6) is 0 Å². The molecular weight excluding hydrogens is 284 g/mol. The van der Waals surface area contributed by atoms with Crippen LogP contribution in [0.3, 0.4) is 0 Å². The molecule has 3 heterocycles. The first-order valence-corrected chi connectivity index (χ1v) is 8.35. The number of aliphatic hydroxyl groups is 1. The summed E-state index contributed by atoms with van der Waals surface area (Å²) in [6, 6.07) is 2.19. The van der Waals surface area contributed by atoms with Gasteiger partial charge in [-0.05, 0) is 32.8 Å². The van der Waals surface area contributed by atoms with Crippen molar-refractivity contribution in [1.29, 1.82) is 0 Å². The fourth-order valence-electron chi connectivity index (χ4n) is 2.73. The van der Waals surface area contributed by atoms with Gasteiger partial charge in [0.15, 0.2) is 0 Å². The Morgan fingerprint density at radius 2 is 2.24 bits per heavy atom. The Kier molecular flexibility index (Phi) is 3.75. The van der Waals surface area contributed by atoms with E-state index in [0.29, 0.717) is 12.5 Å². The highest BCUT2D eigenvalue weighted by Gasteiger charge is 2.33. The fraction of sp³-hybridized carbons (Fsp3) is 0.600. The second kappa shape index (κ2) is 5.42. The molecule has 1 unspecified atom stereocenters. The van der Waals surface area contributed by atoms with Gasteiger partial charge in [0.05, 0.1) is 11.0 Å². The summed E-state index contributed by atoms with van der Waals surface area (Å²) in [5, 5.41) is 14.5. The van der Waals surface area contributed by atoms with Crippen LogP contribution in [0.2, 0.25) is 0 Å². The monoisotopic (exact) mass is 306 g/mol. The maximum absolute atomic E-state index is 10.2. The molecule has 6 heteroatoms. The van der Waals surface area contributed by atoms with E-state index in [0.717, 1.165) is 42.0 Å². The zero-order valence-corrected chi connectivity index (χ0v) is 13.6. The SMILES string of the molecule is CCNc1nc(N2CCC(C)(O)C2)c2cc(CC)sc2n1. The summed E-state index contributed by atoms with van der Waals surface area (Å²) in [6.45, 7) is 8.35. The summed E-state index contributed by atoms with van der Waals surface area (Å²) < 4.78 is 0. The smallest absolute Gasteiger partial charge is 0.226 e. The molecule has 21 heavy (non-hydrogen) atoms. The summed E-state index contributed by atoms with van der Waals surface area (Å²) >= 11 is 1.73. The zero-order chi connectivity index (χ0) is 15.0. The van der Waals surface area contributed by atoms with Crippen LogP contribution >= 0.6 is 11.3 Å². The highest BCUT2D eigenvalue weighted by Crippen LogP contribution is 2.35. The molecule has 0 bridgehead atoms. The second-order valence-electron chi connectivity index (χ2n) is 5.85. The lowest BCUT2D eigenvalue weighted by atomic mass is 10.1. The molecule has 2 aromatic rings. The Labute approximate surface area is 129 Å². The van der Waals surface area contributed by atoms with Gasteiger partial charge in [0, 0.05) is 24.5 Å². The van der Waals surface area contributed by atoms with Crippen LogP contribution in [-0.2, 0) is 6.42 Å². The van der Waals surface area contributed by atoms with Crippen molar-refractivity contribution in [3.63, 3.8) is 0 Å². The number of nitrogens with zero attached hydrogens (tertiary/aromatic N) is 3. The first-order valence-electron chi connectivity index (χ1n) is 7.54. The van der Waals surface area contributed by atoms with Gasteiger partial charge in [-0.15, -0.1) is 11.3 Å². The van der Waals surface area contributed by atoms with Crippen molar-refractivity contribution >= 4 is 33.3 Å². The molecule has 1 atom stereocenters. The number of aromatic nitrogens is 2. The van der Waals surface area contributed by atoms with Crippen LogP contribution < -0.4 is 10.2 Å². The molecule has 0 aliphatic carbocycles. The van der Waals surface area contributed by atoms with Gasteiger partial charge in [0.2, 0.25) is 5.95 Å². The van der Waals surface area contributed by atoms with E-state index in [-0.39, 0.29) is 0 Å². The average Bonchev–Trinajstić information content (AvgIpc) is 3.01. The number of aryl methyl sites for hydroxylation is 1. The van der Waals surface area contributed by atoms with Gasteiger partial charge in [-0.3, -0.25) is 0 Å². The molecule has 1 saturated heterocycles. The van der Waals surface area contributed by atoms with Crippen molar-refractivity contribution < 1.29 is 5.11 Å². The summed E-state index contributed by atoms with van der Waals surface area (Å²) in [6.07, 6.45) is 1.79. The lowest BCUT2D eigenvalue weighted by molar-refractivity contribution is 0.0839. The van der Waals surface area contributed by atoms with Crippen molar-refractivity contribution in [1.82, 2.24) is 9.97 Å². The van der Waals surface area contributed by atoms with E-state index in [1.807, 2.05) is 13.8 Å². The minimum Gasteiger partial charge on any atom is -0.388 e. The fourth-order valence-corrected chi connectivity index (χ4v) is 3.70. The molecular formula is C15H22N4OS. The third-order valence-electron chi connectivity index (χ3n) is 3.86. The number of fused-ring (bicyclic) bond motifs is 1. The number of β-amino-alcohol motifs (C(OH)–C–C–N with tert-alkyl or cyclic N) is 1. The van der Waals surface area contributed by atoms with Gasteiger partial charge >= 0.3 is 0 Å². The molecule has 0 radical (unpaired) electrons. The Bertz CT molecular complexity index is 652. The standard InChI is InChI=1S/C15H22N4OS/c1-4-10-8-11-12(19-7-6-15(3,20)9-19)17-14(16-5-2)18-13(11)21-10/h8,20H,4-7,9H2,1-3H3,(H,16,17,18). The van der Waals surface area contributed by atoms with E-state index < -0.39 is 5.60 Å². The number of nitrogens with one attached hydrogen (secondary N) is 1. The zero-order valence-electron chi connectivity index (χ0n) is 12.8. The van der Waals surface area contributed by atoms with Crippen LogP contribution in [0, 0.1) is 0 Å². The van der Waals surface area contributed by atoms with Gasteiger partial charge < -0.3 is 15.3 Å². The summed E-state index contributed by atoms with van der Waals surface area (Å²) in [7, 11) is 0. The number of anilines is 2. The van der Waals surface area contributed by atoms with Gasteiger partial charge in [-0.1, -0.05) is 6.92 Å². The minimum absolute atomic E-state index is 0.626. The molecule has 1 aliphatic heterocycles. The highest BCUT2D eigenvalue weighted by atomic mass is 32.1. The van der Waals surface area contributed by atoms with Gasteiger partial charge in [-0.25, -0.2) is 4.98 Å². The third kappa shape index (κ3) is 2.82. The molecule has 1 fully saturated rings. The normalized spacial score (nSPS) is 22.2. The average molecular weight is 306 g/mol. The second-order valence-corrected chi connectivity index (χ2v) is 6.97. The van der Waals surface area contributed by atoms with Crippen LogP contribution in [0.4, 0.5) is 11.8 Å². The summed E-state index contributed by atoms with van der Waals surface area (Å²) in [5.74, 6) is 1.63. The quantitative estimate of drug-likeness (QED) is 0.909. The topological polar surface area (TPSA) is 61.3 Å².